The second-order valence-corrected chi connectivity index (χ2v) is 7.27. The minimum atomic E-state index is -0.266. The van der Waals surface area contributed by atoms with Crippen molar-refractivity contribution in [2.45, 2.75) is 6.54 Å². The standard InChI is InChI=1S/C23H17FN2OS/c24-21-9-7-18(8-10-21)17-3-5-19(6-4-17)23(27)26-14-16-12-20(15-25-13-16)22-2-1-11-28-22/h1-13,15H,14H2,(H,26,27). The van der Waals surface area contributed by atoms with Crippen LogP contribution in [-0.4, -0.2) is 10.9 Å². The van der Waals surface area contributed by atoms with E-state index in [9.17, 15) is 9.18 Å². The van der Waals surface area contributed by atoms with Gasteiger partial charge in [0.05, 0.1) is 0 Å². The van der Waals surface area contributed by atoms with E-state index in [1.54, 1.807) is 41.8 Å². The molecule has 0 aliphatic carbocycles. The third kappa shape index (κ3) is 4.15. The number of halogens is 1. The number of amides is 1. The molecule has 0 atom stereocenters. The number of nitrogens with one attached hydrogen (secondary N) is 1. The van der Waals surface area contributed by atoms with Gasteiger partial charge in [0.1, 0.15) is 5.82 Å². The van der Waals surface area contributed by atoms with Crippen LogP contribution in [0.1, 0.15) is 15.9 Å². The van der Waals surface area contributed by atoms with Gasteiger partial charge in [-0.2, -0.15) is 0 Å². The van der Waals surface area contributed by atoms with E-state index >= 15 is 0 Å². The van der Waals surface area contributed by atoms with Crippen LogP contribution in [0.4, 0.5) is 4.39 Å². The zero-order valence-electron chi connectivity index (χ0n) is 14.9. The Balaban J connectivity index is 1.41. The molecule has 0 saturated heterocycles. The van der Waals surface area contributed by atoms with Crippen LogP contribution in [0.25, 0.3) is 21.6 Å². The average Bonchev–Trinajstić information content (AvgIpc) is 3.28. The van der Waals surface area contributed by atoms with Crippen molar-refractivity contribution in [1.29, 1.82) is 0 Å². The topological polar surface area (TPSA) is 42.0 Å². The molecule has 0 bridgehead atoms. The first-order chi connectivity index (χ1) is 13.7. The van der Waals surface area contributed by atoms with Crippen molar-refractivity contribution in [1.82, 2.24) is 10.3 Å². The summed E-state index contributed by atoms with van der Waals surface area (Å²) in [5.41, 5.74) is 4.41. The molecule has 0 unspecified atom stereocenters. The van der Waals surface area contributed by atoms with E-state index in [4.69, 9.17) is 0 Å². The van der Waals surface area contributed by atoms with Crippen LogP contribution in [0.15, 0.2) is 84.5 Å². The Labute approximate surface area is 166 Å². The fraction of sp³-hybridized carbons (Fsp3) is 0.0435. The Kier molecular flexibility index (Phi) is 5.26. The fourth-order valence-corrected chi connectivity index (χ4v) is 3.61. The van der Waals surface area contributed by atoms with Crippen molar-refractivity contribution >= 4 is 17.2 Å². The van der Waals surface area contributed by atoms with Crippen molar-refractivity contribution in [2.75, 3.05) is 0 Å². The summed E-state index contributed by atoms with van der Waals surface area (Å²) in [6, 6.07) is 19.6. The molecular formula is C23H17FN2OS. The lowest BCUT2D eigenvalue weighted by atomic mass is 10.0. The smallest absolute Gasteiger partial charge is 0.251 e. The molecule has 0 aliphatic rings. The number of rotatable bonds is 5. The molecule has 2 heterocycles. The van der Waals surface area contributed by atoms with Gasteiger partial charge in [-0.1, -0.05) is 30.3 Å². The summed E-state index contributed by atoms with van der Waals surface area (Å²) in [5, 5.41) is 4.96. The fourth-order valence-electron chi connectivity index (χ4n) is 2.90. The van der Waals surface area contributed by atoms with Crippen molar-refractivity contribution < 1.29 is 9.18 Å². The number of carbonyl (C=O) groups excluding carboxylic acids is 1. The molecule has 2 aromatic carbocycles. The predicted octanol–water partition coefficient (Wildman–Crippen LogP) is 5.55. The normalized spacial score (nSPS) is 10.6. The molecule has 1 N–H and O–H groups in total. The maximum atomic E-state index is 13.0. The van der Waals surface area contributed by atoms with E-state index < -0.39 is 0 Å². The van der Waals surface area contributed by atoms with Gasteiger partial charge < -0.3 is 5.32 Å². The summed E-state index contributed by atoms with van der Waals surface area (Å²) in [4.78, 5) is 17.9. The van der Waals surface area contributed by atoms with Gasteiger partial charge in [-0.15, -0.1) is 11.3 Å². The molecule has 28 heavy (non-hydrogen) atoms. The molecule has 4 rings (SSSR count). The summed E-state index contributed by atoms with van der Waals surface area (Å²) in [6.07, 6.45) is 3.58. The van der Waals surface area contributed by atoms with E-state index in [2.05, 4.69) is 10.3 Å². The van der Waals surface area contributed by atoms with Crippen molar-refractivity contribution in [2.24, 2.45) is 0 Å². The van der Waals surface area contributed by atoms with Crippen LogP contribution in [0.2, 0.25) is 0 Å². The Bertz CT molecular complexity index is 1070. The van der Waals surface area contributed by atoms with E-state index in [1.165, 1.54) is 12.1 Å². The Hall–Kier alpha value is -3.31. The second kappa shape index (κ2) is 8.15. The number of thiophene rings is 1. The summed E-state index contributed by atoms with van der Waals surface area (Å²) >= 11 is 1.66. The van der Waals surface area contributed by atoms with Crippen LogP contribution >= 0.6 is 11.3 Å². The molecule has 0 saturated carbocycles. The summed E-state index contributed by atoms with van der Waals surface area (Å²) < 4.78 is 13.0. The zero-order valence-corrected chi connectivity index (χ0v) is 15.7. The lowest BCUT2D eigenvalue weighted by Gasteiger charge is -2.08. The highest BCUT2D eigenvalue weighted by atomic mass is 32.1. The Morgan fingerprint density at radius 3 is 2.32 bits per heavy atom. The molecule has 4 aromatic rings. The van der Waals surface area contributed by atoms with Gasteiger partial charge in [0.25, 0.3) is 5.91 Å². The third-order valence-electron chi connectivity index (χ3n) is 4.38. The van der Waals surface area contributed by atoms with Gasteiger partial charge in [0.2, 0.25) is 0 Å². The van der Waals surface area contributed by atoms with Gasteiger partial charge >= 0.3 is 0 Å². The van der Waals surface area contributed by atoms with Crippen LogP contribution < -0.4 is 5.32 Å². The molecule has 2 aromatic heterocycles. The summed E-state index contributed by atoms with van der Waals surface area (Å²) in [5.74, 6) is -0.412. The Morgan fingerprint density at radius 1 is 0.929 bits per heavy atom. The summed E-state index contributed by atoms with van der Waals surface area (Å²) in [7, 11) is 0. The lowest BCUT2D eigenvalue weighted by Crippen LogP contribution is -2.22. The maximum absolute atomic E-state index is 13.0. The van der Waals surface area contributed by atoms with Crippen molar-refractivity contribution in [3.05, 3.63) is 101 Å². The van der Waals surface area contributed by atoms with Crippen LogP contribution in [0.3, 0.4) is 0 Å². The van der Waals surface area contributed by atoms with Crippen LogP contribution in [-0.2, 0) is 6.54 Å². The van der Waals surface area contributed by atoms with E-state index in [1.807, 2.05) is 41.9 Å². The van der Waals surface area contributed by atoms with E-state index in [0.717, 1.165) is 27.1 Å². The monoisotopic (exact) mass is 388 g/mol. The first-order valence-electron chi connectivity index (χ1n) is 8.81. The summed E-state index contributed by atoms with van der Waals surface area (Å²) in [6.45, 7) is 0.408. The highest BCUT2D eigenvalue weighted by Gasteiger charge is 2.07. The Morgan fingerprint density at radius 2 is 1.64 bits per heavy atom. The molecule has 3 nitrogen and oxygen atoms in total. The average molecular weight is 388 g/mol. The molecular weight excluding hydrogens is 371 g/mol. The molecule has 0 spiro atoms. The van der Waals surface area contributed by atoms with Crippen LogP contribution in [0.5, 0.6) is 0 Å². The molecule has 5 heteroatoms. The zero-order chi connectivity index (χ0) is 19.3. The van der Waals surface area contributed by atoms with E-state index in [0.29, 0.717) is 12.1 Å². The number of benzene rings is 2. The first kappa shape index (κ1) is 18.1. The van der Waals surface area contributed by atoms with Gasteiger partial charge in [0, 0.05) is 34.9 Å². The third-order valence-corrected chi connectivity index (χ3v) is 5.30. The van der Waals surface area contributed by atoms with E-state index in [-0.39, 0.29) is 11.7 Å². The number of hydrogen-bond donors (Lipinski definition) is 1. The highest BCUT2D eigenvalue weighted by Crippen LogP contribution is 2.24. The van der Waals surface area contributed by atoms with Gasteiger partial charge in [0.15, 0.2) is 0 Å². The minimum Gasteiger partial charge on any atom is -0.348 e. The van der Waals surface area contributed by atoms with Crippen LogP contribution in [0, 0.1) is 5.82 Å². The SMILES string of the molecule is O=C(NCc1cncc(-c2cccs2)c1)c1ccc(-c2ccc(F)cc2)cc1. The number of pyridine rings is 1. The lowest BCUT2D eigenvalue weighted by molar-refractivity contribution is 0.0951. The van der Waals surface area contributed by atoms with Gasteiger partial charge in [-0.25, -0.2) is 4.39 Å². The van der Waals surface area contributed by atoms with Gasteiger partial charge in [-0.05, 0) is 58.5 Å². The number of hydrogen-bond acceptors (Lipinski definition) is 3. The largest absolute Gasteiger partial charge is 0.348 e. The molecule has 0 radical (unpaired) electrons. The van der Waals surface area contributed by atoms with Crippen molar-refractivity contribution in [3.8, 4) is 21.6 Å². The number of nitrogens with zero attached hydrogens (tertiary/aromatic N) is 1. The molecule has 1 amide bonds. The number of aromatic nitrogens is 1. The second-order valence-electron chi connectivity index (χ2n) is 6.33. The predicted molar refractivity (Wildman–Crippen MR) is 111 cm³/mol. The molecule has 0 aliphatic heterocycles. The minimum absolute atomic E-state index is 0.146. The number of carbonyl (C=O) groups is 1. The quantitative estimate of drug-likeness (QED) is 0.487. The molecule has 0 fully saturated rings. The van der Waals surface area contributed by atoms with Gasteiger partial charge in [-0.3, -0.25) is 9.78 Å². The van der Waals surface area contributed by atoms with Crippen molar-refractivity contribution in [3.63, 3.8) is 0 Å². The highest BCUT2D eigenvalue weighted by molar-refractivity contribution is 7.13. The molecule has 138 valence electrons. The first-order valence-corrected chi connectivity index (χ1v) is 9.69. The maximum Gasteiger partial charge on any atom is 0.251 e.